The van der Waals surface area contributed by atoms with Crippen molar-refractivity contribution < 1.29 is 0 Å². The first-order valence-electron chi connectivity index (χ1n) is 10.9. The van der Waals surface area contributed by atoms with Crippen LogP contribution in [0.15, 0.2) is 36.4 Å². The monoisotopic (exact) mass is 349 g/mol. The van der Waals surface area contributed by atoms with Crippen molar-refractivity contribution in [3.8, 4) is 6.07 Å². The third-order valence-corrected chi connectivity index (χ3v) is 7.02. The first-order chi connectivity index (χ1) is 12.8. The van der Waals surface area contributed by atoms with Crippen molar-refractivity contribution in [2.24, 2.45) is 17.8 Å². The highest BCUT2D eigenvalue weighted by Crippen LogP contribution is 2.39. The molecule has 2 aliphatic carbocycles. The van der Waals surface area contributed by atoms with Gasteiger partial charge in [0.05, 0.1) is 6.07 Å². The smallest absolute Gasteiger partial charge is 0.0908 e. The van der Waals surface area contributed by atoms with E-state index in [4.69, 9.17) is 5.26 Å². The highest BCUT2D eigenvalue weighted by atomic mass is 14.3. The Hall–Kier alpha value is -1.55. The molecular formula is C25H35N. The standard InChI is InChI=1S/C25H35N/c1-2-20-11-15-24(16-12-20)25-17-13-23(14-18-25)10-9-22-7-5-21(6-8-22)4-3-19-26/h3-4,11-12,15-16,21-23,25H,2,5-10,13-14,17-18H2,1H3. The third-order valence-electron chi connectivity index (χ3n) is 7.02. The van der Waals surface area contributed by atoms with Gasteiger partial charge < -0.3 is 0 Å². The number of benzene rings is 1. The van der Waals surface area contributed by atoms with Crippen molar-refractivity contribution in [3.05, 3.63) is 47.5 Å². The summed E-state index contributed by atoms with van der Waals surface area (Å²) in [5, 5.41) is 8.66. The number of nitrogens with zero attached hydrogens (tertiary/aromatic N) is 1. The molecule has 0 unspecified atom stereocenters. The SMILES string of the molecule is CCc1ccc(C2CCC(CCC3CCC(C=CC#N)CC3)CC2)cc1. The van der Waals surface area contributed by atoms with Gasteiger partial charge in [-0.15, -0.1) is 0 Å². The third kappa shape index (κ3) is 5.47. The molecule has 2 saturated carbocycles. The lowest BCUT2D eigenvalue weighted by atomic mass is 9.74. The zero-order valence-electron chi connectivity index (χ0n) is 16.5. The van der Waals surface area contributed by atoms with Crippen molar-refractivity contribution >= 4 is 0 Å². The number of allylic oxidation sites excluding steroid dienone is 2. The fourth-order valence-corrected chi connectivity index (χ4v) is 5.13. The van der Waals surface area contributed by atoms with Gasteiger partial charge in [-0.1, -0.05) is 50.1 Å². The second-order valence-electron chi connectivity index (χ2n) is 8.66. The topological polar surface area (TPSA) is 23.8 Å². The molecule has 3 rings (SSSR count). The van der Waals surface area contributed by atoms with E-state index in [-0.39, 0.29) is 0 Å². The molecule has 2 fully saturated rings. The Morgan fingerprint density at radius 1 is 0.885 bits per heavy atom. The van der Waals surface area contributed by atoms with E-state index in [1.54, 1.807) is 11.6 Å². The van der Waals surface area contributed by atoms with E-state index in [0.717, 1.165) is 24.2 Å². The van der Waals surface area contributed by atoms with Crippen molar-refractivity contribution in [1.29, 1.82) is 5.26 Å². The van der Waals surface area contributed by atoms with Gasteiger partial charge in [-0.3, -0.25) is 0 Å². The zero-order chi connectivity index (χ0) is 18.2. The molecule has 0 N–H and O–H groups in total. The maximum absolute atomic E-state index is 8.66. The normalized spacial score (nSPS) is 29.5. The Balaban J connectivity index is 1.35. The van der Waals surface area contributed by atoms with E-state index >= 15 is 0 Å². The quantitative estimate of drug-likeness (QED) is 0.499. The van der Waals surface area contributed by atoms with Crippen LogP contribution in [-0.2, 0) is 6.42 Å². The van der Waals surface area contributed by atoms with Crippen molar-refractivity contribution in [1.82, 2.24) is 0 Å². The summed E-state index contributed by atoms with van der Waals surface area (Å²) in [4.78, 5) is 0. The Labute approximate surface area is 160 Å². The van der Waals surface area contributed by atoms with Gasteiger partial charge in [0.25, 0.3) is 0 Å². The summed E-state index contributed by atoms with van der Waals surface area (Å²) >= 11 is 0. The average Bonchev–Trinajstić information content (AvgIpc) is 2.72. The van der Waals surface area contributed by atoms with Crippen molar-refractivity contribution in [2.45, 2.75) is 83.5 Å². The van der Waals surface area contributed by atoms with Crippen LogP contribution < -0.4 is 0 Å². The predicted molar refractivity (Wildman–Crippen MR) is 110 cm³/mol. The zero-order valence-corrected chi connectivity index (χ0v) is 16.5. The Kier molecular flexibility index (Phi) is 7.36. The summed E-state index contributed by atoms with van der Waals surface area (Å²) in [6, 6.07) is 11.5. The molecule has 0 saturated heterocycles. The summed E-state index contributed by atoms with van der Waals surface area (Å²) in [7, 11) is 0. The molecule has 0 amide bonds. The maximum Gasteiger partial charge on any atom is 0.0908 e. The van der Waals surface area contributed by atoms with Crippen LogP contribution in [0.2, 0.25) is 0 Å². The highest BCUT2D eigenvalue weighted by molar-refractivity contribution is 5.25. The lowest BCUT2D eigenvalue weighted by Gasteiger charge is -2.31. The molecule has 0 bridgehead atoms. The lowest BCUT2D eigenvalue weighted by Crippen LogP contribution is -2.17. The predicted octanol–water partition coefficient (Wildman–Crippen LogP) is 7.19. The van der Waals surface area contributed by atoms with Gasteiger partial charge >= 0.3 is 0 Å². The second kappa shape index (κ2) is 9.96. The van der Waals surface area contributed by atoms with Crippen LogP contribution in [0, 0.1) is 29.1 Å². The summed E-state index contributed by atoms with van der Waals surface area (Å²) in [6.45, 7) is 2.23. The molecule has 1 nitrogen and oxygen atoms in total. The van der Waals surface area contributed by atoms with E-state index in [0.29, 0.717) is 5.92 Å². The van der Waals surface area contributed by atoms with Crippen LogP contribution >= 0.6 is 0 Å². The van der Waals surface area contributed by atoms with Crippen LogP contribution in [0.3, 0.4) is 0 Å². The maximum atomic E-state index is 8.66. The summed E-state index contributed by atoms with van der Waals surface area (Å²) in [5.74, 6) is 3.39. The molecule has 1 heteroatoms. The molecule has 1 aromatic carbocycles. The van der Waals surface area contributed by atoms with Crippen LogP contribution in [-0.4, -0.2) is 0 Å². The van der Waals surface area contributed by atoms with Crippen LogP contribution in [0.4, 0.5) is 0 Å². The fraction of sp³-hybridized carbons (Fsp3) is 0.640. The van der Waals surface area contributed by atoms with Crippen molar-refractivity contribution in [2.75, 3.05) is 0 Å². The fourth-order valence-electron chi connectivity index (χ4n) is 5.13. The van der Waals surface area contributed by atoms with Gasteiger partial charge in [0.2, 0.25) is 0 Å². The minimum Gasteiger partial charge on any atom is -0.193 e. The van der Waals surface area contributed by atoms with Gasteiger partial charge in [0.1, 0.15) is 0 Å². The van der Waals surface area contributed by atoms with Gasteiger partial charge in [0.15, 0.2) is 0 Å². The van der Waals surface area contributed by atoms with Gasteiger partial charge in [-0.2, -0.15) is 5.26 Å². The molecule has 0 atom stereocenters. The number of aryl methyl sites for hydroxylation is 1. The second-order valence-corrected chi connectivity index (χ2v) is 8.66. The molecule has 0 radical (unpaired) electrons. The molecule has 2 aliphatic rings. The molecule has 0 heterocycles. The Morgan fingerprint density at radius 2 is 1.46 bits per heavy atom. The average molecular weight is 350 g/mol. The number of nitriles is 1. The van der Waals surface area contributed by atoms with Gasteiger partial charge in [0, 0.05) is 6.08 Å². The minimum atomic E-state index is 0.667. The van der Waals surface area contributed by atoms with E-state index in [1.165, 1.54) is 69.8 Å². The molecule has 0 aliphatic heterocycles. The van der Waals surface area contributed by atoms with E-state index in [2.05, 4.69) is 43.3 Å². The summed E-state index contributed by atoms with van der Waals surface area (Å²) in [5.41, 5.74) is 3.03. The van der Waals surface area contributed by atoms with Crippen LogP contribution in [0.25, 0.3) is 0 Å². The first kappa shape index (κ1) is 19.2. The van der Waals surface area contributed by atoms with E-state index in [9.17, 15) is 0 Å². The van der Waals surface area contributed by atoms with E-state index in [1.807, 2.05) is 0 Å². The molecule has 1 aromatic rings. The molecule has 26 heavy (non-hydrogen) atoms. The Morgan fingerprint density at radius 3 is 2.00 bits per heavy atom. The minimum absolute atomic E-state index is 0.667. The molecule has 0 spiro atoms. The van der Waals surface area contributed by atoms with Crippen molar-refractivity contribution in [3.63, 3.8) is 0 Å². The van der Waals surface area contributed by atoms with Gasteiger partial charge in [-0.25, -0.2) is 0 Å². The summed E-state index contributed by atoms with van der Waals surface area (Å²) < 4.78 is 0. The lowest BCUT2D eigenvalue weighted by molar-refractivity contribution is 0.246. The number of rotatable bonds is 6. The van der Waals surface area contributed by atoms with E-state index < -0.39 is 0 Å². The van der Waals surface area contributed by atoms with Gasteiger partial charge in [-0.05, 0) is 92.6 Å². The Bertz CT molecular complexity index is 590. The van der Waals surface area contributed by atoms with Crippen LogP contribution in [0.5, 0.6) is 0 Å². The number of hydrogen-bond acceptors (Lipinski definition) is 1. The molecular weight excluding hydrogens is 314 g/mol. The van der Waals surface area contributed by atoms with Crippen LogP contribution in [0.1, 0.15) is 88.2 Å². The molecule has 0 aromatic heterocycles. The first-order valence-corrected chi connectivity index (χ1v) is 10.9. The largest absolute Gasteiger partial charge is 0.193 e. The molecule has 140 valence electrons. The number of hydrogen-bond donors (Lipinski definition) is 0. The highest BCUT2D eigenvalue weighted by Gasteiger charge is 2.24. The summed E-state index contributed by atoms with van der Waals surface area (Å²) in [6.07, 6.45) is 18.8.